The van der Waals surface area contributed by atoms with Crippen molar-refractivity contribution in [3.63, 3.8) is 0 Å². The van der Waals surface area contributed by atoms with Crippen LogP contribution in [0.3, 0.4) is 0 Å². The molecular formula is C30H29N3O5S. The van der Waals surface area contributed by atoms with Crippen LogP contribution in [0.1, 0.15) is 17.2 Å². The van der Waals surface area contributed by atoms with Gasteiger partial charge in [-0.1, -0.05) is 42.5 Å². The zero-order chi connectivity index (χ0) is 27.5. The van der Waals surface area contributed by atoms with E-state index >= 15 is 0 Å². The number of hydrogen-bond donors (Lipinski definition) is 3. The maximum atomic E-state index is 11.0. The predicted octanol–water partition coefficient (Wildman–Crippen LogP) is 5.88. The third-order valence-corrected chi connectivity index (χ3v) is 6.95. The molecule has 0 radical (unpaired) electrons. The van der Waals surface area contributed by atoms with E-state index < -0.39 is 0 Å². The van der Waals surface area contributed by atoms with Gasteiger partial charge in [-0.15, -0.1) is 0 Å². The Balaban J connectivity index is 1.63. The minimum atomic E-state index is -0.350. The van der Waals surface area contributed by atoms with Crippen molar-refractivity contribution in [3.8, 4) is 28.7 Å². The number of nitrogens with zero attached hydrogens (tertiary/aromatic N) is 1. The van der Waals surface area contributed by atoms with Crippen LogP contribution in [0.2, 0.25) is 0 Å². The largest absolute Gasteiger partial charge is 0.507 e. The Bertz CT molecular complexity index is 1570. The summed E-state index contributed by atoms with van der Waals surface area (Å²) in [6.45, 7) is 0. The third-order valence-electron chi connectivity index (χ3n) is 6.65. The van der Waals surface area contributed by atoms with Gasteiger partial charge >= 0.3 is 0 Å². The monoisotopic (exact) mass is 543 g/mol. The second-order valence-electron chi connectivity index (χ2n) is 8.76. The lowest BCUT2D eigenvalue weighted by atomic mass is 9.97. The number of para-hydroxylation sites is 2. The number of phenols is 1. The minimum Gasteiger partial charge on any atom is -0.507 e. The minimum absolute atomic E-state index is 0.00810. The highest BCUT2D eigenvalue weighted by Crippen LogP contribution is 2.43. The lowest BCUT2D eigenvalue weighted by Gasteiger charge is -2.29. The van der Waals surface area contributed by atoms with Gasteiger partial charge in [0.2, 0.25) is 0 Å². The highest BCUT2D eigenvalue weighted by molar-refractivity contribution is 7.80. The van der Waals surface area contributed by atoms with E-state index in [1.54, 1.807) is 33.5 Å². The molecule has 0 aliphatic carbocycles. The number of nitrogens with one attached hydrogen (secondary N) is 2. The highest BCUT2D eigenvalue weighted by atomic mass is 32.1. The lowest BCUT2D eigenvalue weighted by molar-refractivity contribution is 0.346. The van der Waals surface area contributed by atoms with Gasteiger partial charge in [0, 0.05) is 17.5 Å². The molecule has 8 nitrogen and oxygen atoms in total. The molecular weight excluding hydrogens is 514 g/mol. The van der Waals surface area contributed by atoms with Gasteiger partial charge in [-0.2, -0.15) is 0 Å². The number of thiocarbonyl (C=S) groups is 1. The molecule has 200 valence electrons. The average Bonchev–Trinajstić information content (AvgIpc) is 3.41. The number of ether oxygens (including phenoxy) is 4. The number of benzene rings is 4. The molecule has 1 atom stereocenters. The lowest BCUT2D eigenvalue weighted by Crippen LogP contribution is -2.42. The Hall–Kier alpha value is -4.63. The highest BCUT2D eigenvalue weighted by Gasteiger charge is 2.33. The fourth-order valence-electron chi connectivity index (χ4n) is 4.79. The van der Waals surface area contributed by atoms with E-state index in [4.69, 9.17) is 31.2 Å². The quantitative estimate of drug-likeness (QED) is 0.248. The molecule has 0 amide bonds. The van der Waals surface area contributed by atoms with E-state index in [1.807, 2.05) is 65.7 Å². The number of aromatic hydroxyl groups is 1. The van der Waals surface area contributed by atoms with Crippen molar-refractivity contribution < 1.29 is 24.1 Å². The first-order valence-electron chi connectivity index (χ1n) is 12.2. The number of hydrazine groups is 1. The van der Waals surface area contributed by atoms with Crippen LogP contribution in [0.25, 0.3) is 16.5 Å². The van der Waals surface area contributed by atoms with Gasteiger partial charge in [-0.05, 0) is 47.4 Å². The van der Waals surface area contributed by atoms with Gasteiger partial charge in [-0.3, -0.25) is 10.4 Å². The van der Waals surface area contributed by atoms with Crippen LogP contribution in [-0.4, -0.2) is 43.7 Å². The summed E-state index contributed by atoms with van der Waals surface area (Å²) in [4.78, 5) is 0. The molecule has 0 saturated heterocycles. The van der Waals surface area contributed by atoms with Crippen molar-refractivity contribution >= 4 is 39.5 Å². The van der Waals surface area contributed by atoms with Crippen molar-refractivity contribution in [3.05, 3.63) is 90.0 Å². The Morgan fingerprint density at radius 2 is 1.51 bits per heavy atom. The summed E-state index contributed by atoms with van der Waals surface area (Å²) in [5.74, 6) is 2.38. The van der Waals surface area contributed by atoms with E-state index in [2.05, 4.69) is 16.8 Å². The molecule has 1 aliphatic rings. The van der Waals surface area contributed by atoms with Gasteiger partial charge in [0.05, 0.1) is 51.4 Å². The molecule has 1 heterocycles. The molecule has 3 N–H and O–H groups in total. The zero-order valence-electron chi connectivity index (χ0n) is 22.0. The van der Waals surface area contributed by atoms with Gasteiger partial charge in [-0.25, -0.2) is 0 Å². The van der Waals surface area contributed by atoms with E-state index in [9.17, 15) is 5.11 Å². The molecule has 0 fully saturated rings. The topological polar surface area (TPSA) is 84.5 Å². The molecule has 9 heteroatoms. The van der Waals surface area contributed by atoms with Crippen LogP contribution in [0.4, 0.5) is 5.69 Å². The normalized spacial score (nSPS) is 14.4. The Morgan fingerprint density at radius 3 is 2.23 bits per heavy atom. The third kappa shape index (κ3) is 4.84. The summed E-state index contributed by atoms with van der Waals surface area (Å²) >= 11 is 5.91. The van der Waals surface area contributed by atoms with Gasteiger partial charge < -0.3 is 29.4 Å². The van der Waals surface area contributed by atoms with E-state index in [-0.39, 0.29) is 11.8 Å². The fourth-order valence-corrected chi connectivity index (χ4v) is 5.06. The molecule has 4 aromatic rings. The number of anilines is 1. The molecule has 0 aromatic heterocycles. The standard InChI is InChI=1S/C30H29N3O5S/c1-35-18-15-25(34)29(28(16-18)38-4)23-17-24(20-13-14-26(36-2)21-10-6-5-9-19(20)21)33(32-23)30(39)31-22-11-7-8-12-27(22)37-3/h5-17,24,32,34H,1-4H3,(H,31,39). The van der Waals surface area contributed by atoms with E-state index in [0.29, 0.717) is 33.6 Å². The Labute approximate surface area is 232 Å². The molecule has 1 aliphatic heterocycles. The van der Waals surface area contributed by atoms with Gasteiger partial charge in [0.1, 0.15) is 28.7 Å². The first-order chi connectivity index (χ1) is 19.0. The summed E-state index contributed by atoms with van der Waals surface area (Å²) < 4.78 is 22.1. The van der Waals surface area contributed by atoms with Crippen molar-refractivity contribution in [2.45, 2.75) is 6.04 Å². The number of hydrogen-bond acceptors (Lipinski definition) is 7. The predicted molar refractivity (Wildman–Crippen MR) is 157 cm³/mol. The van der Waals surface area contributed by atoms with Gasteiger partial charge in [0.25, 0.3) is 0 Å². The van der Waals surface area contributed by atoms with Gasteiger partial charge in [0.15, 0.2) is 5.11 Å². The summed E-state index contributed by atoms with van der Waals surface area (Å²) in [5.41, 5.74) is 6.23. The van der Waals surface area contributed by atoms with Crippen LogP contribution in [0, 0.1) is 0 Å². The number of fused-ring (bicyclic) bond motifs is 1. The molecule has 39 heavy (non-hydrogen) atoms. The number of methoxy groups -OCH3 is 4. The molecule has 0 bridgehead atoms. The maximum Gasteiger partial charge on any atom is 0.193 e. The molecule has 0 saturated carbocycles. The van der Waals surface area contributed by atoms with Crippen LogP contribution < -0.4 is 29.7 Å². The van der Waals surface area contributed by atoms with Crippen molar-refractivity contribution in [2.24, 2.45) is 0 Å². The average molecular weight is 544 g/mol. The number of rotatable bonds is 7. The second-order valence-corrected chi connectivity index (χ2v) is 9.15. The number of phenolic OH excluding ortho intramolecular Hbond substituents is 1. The Kier molecular flexibility index (Phi) is 7.33. The molecule has 5 rings (SSSR count). The van der Waals surface area contributed by atoms with Crippen LogP contribution in [0.15, 0.2) is 78.9 Å². The zero-order valence-corrected chi connectivity index (χ0v) is 22.8. The SMILES string of the molecule is COc1cc(O)c(C2=CC(c3ccc(OC)c4ccccc34)N(C(=S)Nc3ccccc3OC)N2)c(OC)c1. The summed E-state index contributed by atoms with van der Waals surface area (Å²) in [6, 6.07) is 22.5. The van der Waals surface area contributed by atoms with Crippen molar-refractivity contribution in [1.82, 2.24) is 10.4 Å². The summed E-state index contributed by atoms with van der Waals surface area (Å²) in [7, 11) is 6.36. The van der Waals surface area contributed by atoms with E-state index in [0.717, 1.165) is 27.8 Å². The summed E-state index contributed by atoms with van der Waals surface area (Å²) in [6.07, 6.45) is 2.01. The van der Waals surface area contributed by atoms with Crippen molar-refractivity contribution in [1.29, 1.82) is 0 Å². The molecule has 4 aromatic carbocycles. The Morgan fingerprint density at radius 1 is 0.821 bits per heavy atom. The first kappa shape index (κ1) is 26.0. The van der Waals surface area contributed by atoms with Crippen LogP contribution >= 0.6 is 12.2 Å². The van der Waals surface area contributed by atoms with Crippen LogP contribution in [-0.2, 0) is 0 Å². The second kappa shape index (κ2) is 11.0. The van der Waals surface area contributed by atoms with Crippen molar-refractivity contribution in [2.75, 3.05) is 33.8 Å². The summed E-state index contributed by atoms with van der Waals surface area (Å²) in [5, 5.41) is 18.5. The molecule has 0 spiro atoms. The first-order valence-corrected chi connectivity index (χ1v) is 12.6. The van der Waals surface area contributed by atoms with E-state index in [1.165, 1.54) is 7.11 Å². The maximum absolute atomic E-state index is 11.0. The fraction of sp³-hybridized carbons (Fsp3) is 0.167. The smallest absolute Gasteiger partial charge is 0.193 e. The molecule has 1 unspecified atom stereocenters. The van der Waals surface area contributed by atoms with Crippen LogP contribution in [0.5, 0.6) is 28.7 Å².